The van der Waals surface area contributed by atoms with E-state index in [1.54, 1.807) is 6.20 Å². The van der Waals surface area contributed by atoms with Gasteiger partial charge < -0.3 is 4.98 Å². The molecule has 0 amide bonds. The van der Waals surface area contributed by atoms with Gasteiger partial charge in [-0.05, 0) is 24.3 Å². The van der Waals surface area contributed by atoms with Crippen LogP contribution in [0, 0.1) is 0 Å². The molecule has 2 heterocycles. The molecule has 0 aliphatic rings. The maximum Gasteiger partial charge on any atom is 0.109 e. The third-order valence-electron chi connectivity index (χ3n) is 1.45. The van der Waals surface area contributed by atoms with E-state index in [1.165, 1.54) is 0 Å². The van der Waals surface area contributed by atoms with E-state index in [9.17, 15) is 0 Å². The van der Waals surface area contributed by atoms with Gasteiger partial charge in [0.1, 0.15) is 5.69 Å². The first-order valence-electron chi connectivity index (χ1n) is 3.38. The highest BCUT2D eigenvalue weighted by molar-refractivity contribution is 5.52. The summed E-state index contributed by atoms with van der Waals surface area (Å²) in [6, 6.07) is 7.68. The van der Waals surface area contributed by atoms with Gasteiger partial charge in [0, 0.05) is 12.4 Å². The first-order chi connectivity index (χ1) is 5.47. The summed E-state index contributed by atoms with van der Waals surface area (Å²) in [4.78, 5) is 3.05. The lowest BCUT2D eigenvalue weighted by Crippen LogP contribution is -1.84. The van der Waals surface area contributed by atoms with Gasteiger partial charge >= 0.3 is 0 Å². The Morgan fingerprint density at radius 2 is 2.18 bits per heavy atom. The molecule has 0 bridgehead atoms. The van der Waals surface area contributed by atoms with Gasteiger partial charge in [0.05, 0.1) is 5.69 Å². The molecule has 2 aromatic rings. The minimum absolute atomic E-state index is 0.873. The van der Waals surface area contributed by atoms with Crippen LogP contribution in [0.1, 0.15) is 0 Å². The lowest BCUT2D eigenvalue weighted by Gasteiger charge is -1.91. The Balaban J connectivity index is 2.46. The molecule has 2 aromatic heterocycles. The second-order valence-electron chi connectivity index (χ2n) is 2.19. The Labute approximate surface area is 64.1 Å². The first-order valence-corrected chi connectivity index (χ1v) is 3.38. The summed E-state index contributed by atoms with van der Waals surface area (Å²) >= 11 is 0. The Morgan fingerprint density at radius 3 is 2.82 bits per heavy atom. The molecule has 0 aliphatic heterocycles. The molecule has 0 aliphatic carbocycles. The first kappa shape index (κ1) is 6.09. The van der Waals surface area contributed by atoms with Crippen LogP contribution in [0.3, 0.4) is 0 Å². The summed E-state index contributed by atoms with van der Waals surface area (Å²) in [5.41, 5.74) is 1.87. The molecule has 3 nitrogen and oxygen atoms in total. The topological polar surface area (TPSA) is 41.6 Å². The highest BCUT2D eigenvalue weighted by Crippen LogP contribution is 2.10. The number of hydrogen-bond donors (Lipinski definition) is 1. The molecule has 0 fully saturated rings. The van der Waals surface area contributed by atoms with Crippen molar-refractivity contribution in [2.24, 2.45) is 0 Å². The van der Waals surface area contributed by atoms with Crippen LogP contribution in [0.15, 0.2) is 36.7 Å². The van der Waals surface area contributed by atoms with Gasteiger partial charge in [-0.3, -0.25) is 0 Å². The molecule has 0 saturated heterocycles. The fraction of sp³-hybridized carbons (Fsp3) is 0. The van der Waals surface area contributed by atoms with Crippen molar-refractivity contribution in [3.05, 3.63) is 36.7 Å². The van der Waals surface area contributed by atoms with Gasteiger partial charge in [-0.15, -0.1) is 5.10 Å². The average Bonchev–Trinajstić information content (AvgIpc) is 2.58. The van der Waals surface area contributed by atoms with Crippen LogP contribution in [0.4, 0.5) is 0 Å². The number of nitrogens with zero attached hydrogens (tertiary/aromatic N) is 2. The summed E-state index contributed by atoms with van der Waals surface area (Å²) in [5, 5.41) is 7.71. The maximum absolute atomic E-state index is 3.94. The molecular formula is C8H7N3. The van der Waals surface area contributed by atoms with E-state index in [1.807, 2.05) is 30.5 Å². The van der Waals surface area contributed by atoms with Crippen LogP contribution >= 0.6 is 0 Å². The predicted molar refractivity (Wildman–Crippen MR) is 41.8 cm³/mol. The SMILES string of the molecule is c1cnnc(-c2ccc[nH]2)c1. The van der Waals surface area contributed by atoms with Gasteiger partial charge in [0.25, 0.3) is 0 Å². The fourth-order valence-electron chi connectivity index (χ4n) is 0.935. The molecule has 54 valence electrons. The summed E-state index contributed by atoms with van der Waals surface area (Å²) in [5.74, 6) is 0. The minimum Gasteiger partial charge on any atom is -0.360 e. The van der Waals surface area contributed by atoms with Crippen molar-refractivity contribution in [3.8, 4) is 11.4 Å². The second-order valence-corrected chi connectivity index (χ2v) is 2.19. The average molecular weight is 145 g/mol. The molecule has 0 aromatic carbocycles. The smallest absolute Gasteiger partial charge is 0.109 e. The van der Waals surface area contributed by atoms with Crippen LogP contribution in [-0.4, -0.2) is 15.2 Å². The number of H-pyrrole nitrogens is 1. The van der Waals surface area contributed by atoms with Crippen molar-refractivity contribution in [2.45, 2.75) is 0 Å². The lowest BCUT2D eigenvalue weighted by molar-refractivity contribution is 1.03. The van der Waals surface area contributed by atoms with Gasteiger partial charge in [-0.1, -0.05) is 0 Å². The summed E-state index contributed by atoms with van der Waals surface area (Å²) in [6.45, 7) is 0. The van der Waals surface area contributed by atoms with E-state index in [2.05, 4.69) is 15.2 Å². The van der Waals surface area contributed by atoms with Crippen molar-refractivity contribution in [1.29, 1.82) is 0 Å². The molecule has 1 N–H and O–H groups in total. The van der Waals surface area contributed by atoms with Crippen LogP contribution in [0.25, 0.3) is 11.4 Å². The van der Waals surface area contributed by atoms with Crippen LogP contribution in [0.5, 0.6) is 0 Å². The molecule has 0 radical (unpaired) electrons. The number of rotatable bonds is 1. The van der Waals surface area contributed by atoms with Crippen LogP contribution in [-0.2, 0) is 0 Å². The lowest BCUT2D eigenvalue weighted by atomic mass is 10.3. The van der Waals surface area contributed by atoms with E-state index in [-0.39, 0.29) is 0 Å². The zero-order valence-electron chi connectivity index (χ0n) is 5.86. The minimum atomic E-state index is 0.873. The highest BCUT2D eigenvalue weighted by atomic mass is 15.1. The Bertz CT molecular complexity index is 312. The molecule has 0 atom stereocenters. The van der Waals surface area contributed by atoms with Crippen molar-refractivity contribution >= 4 is 0 Å². The summed E-state index contributed by atoms with van der Waals surface area (Å²) in [6.07, 6.45) is 3.52. The highest BCUT2D eigenvalue weighted by Gasteiger charge is 1.96. The van der Waals surface area contributed by atoms with E-state index in [0.29, 0.717) is 0 Å². The molecule has 3 heteroatoms. The van der Waals surface area contributed by atoms with Crippen molar-refractivity contribution < 1.29 is 0 Å². The van der Waals surface area contributed by atoms with Crippen molar-refractivity contribution in [2.75, 3.05) is 0 Å². The Morgan fingerprint density at radius 1 is 1.18 bits per heavy atom. The van der Waals surface area contributed by atoms with E-state index in [0.717, 1.165) is 11.4 Å². The number of aromatic amines is 1. The summed E-state index contributed by atoms with van der Waals surface area (Å²) < 4.78 is 0. The maximum atomic E-state index is 3.94. The monoisotopic (exact) mass is 145 g/mol. The van der Waals surface area contributed by atoms with Gasteiger partial charge in [0.15, 0.2) is 0 Å². The van der Waals surface area contributed by atoms with Gasteiger partial charge in [0.2, 0.25) is 0 Å². The van der Waals surface area contributed by atoms with E-state index in [4.69, 9.17) is 0 Å². The quantitative estimate of drug-likeness (QED) is 0.660. The molecule has 0 unspecified atom stereocenters. The van der Waals surface area contributed by atoms with Crippen molar-refractivity contribution in [3.63, 3.8) is 0 Å². The van der Waals surface area contributed by atoms with Gasteiger partial charge in [-0.2, -0.15) is 5.10 Å². The molecule has 2 rings (SSSR count). The Hall–Kier alpha value is -1.64. The Kier molecular flexibility index (Phi) is 1.41. The zero-order valence-corrected chi connectivity index (χ0v) is 5.86. The van der Waals surface area contributed by atoms with E-state index < -0.39 is 0 Å². The third-order valence-corrected chi connectivity index (χ3v) is 1.45. The standard InChI is InChI=1S/C8H7N3/c1-3-7(9-5-1)8-4-2-6-10-11-8/h1-6,9H. The van der Waals surface area contributed by atoms with Crippen LogP contribution < -0.4 is 0 Å². The number of hydrogen-bond acceptors (Lipinski definition) is 2. The zero-order chi connectivity index (χ0) is 7.52. The summed E-state index contributed by atoms with van der Waals surface area (Å²) in [7, 11) is 0. The van der Waals surface area contributed by atoms with E-state index >= 15 is 0 Å². The molecular weight excluding hydrogens is 138 g/mol. The normalized spacial score (nSPS) is 9.82. The van der Waals surface area contributed by atoms with Crippen LogP contribution in [0.2, 0.25) is 0 Å². The predicted octanol–water partition coefficient (Wildman–Crippen LogP) is 1.47. The molecule has 0 spiro atoms. The molecule has 0 saturated carbocycles. The number of nitrogens with one attached hydrogen (secondary N) is 1. The second kappa shape index (κ2) is 2.54. The number of aromatic nitrogens is 3. The largest absolute Gasteiger partial charge is 0.360 e. The van der Waals surface area contributed by atoms with Crippen molar-refractivity contribution in [1.82, 2.24) is 15.2 Å². The fourth-order valence-corrected chi connectivity index (χ4v) is 0.935. The van der Waals surface area contributed by atoms with Gasteiger partial charge in [-0.25, -0.2) is 0 Å². The molecule has 11 heavy (non-hydrogen) atoms. The third kappa shape index (κ3) is 1.12.